The molecule has 1 N–H and O–H groups in total. The third kappa shape index (κ3) is 3.42. The first-order valence-corrected chi connectivity index (χ1v) is 4.70. The SMILES string of the molecule is Cl.Cn1cc(CNc2ccn(C(F)F)n2)cn1. The van der Waals surface area contributed by atoms with E-state index in [1.54, 1.807) is 10.9 Å². The molecule has 0 aromatic carbocycles. The van der Waals surface area contributed by atoms with Gasteiger partial charge in [-0.2, -0.15) is 19.0 Å². The first-order chi connectivity index (χ1) is 7.65. The Labute approximate surface area is 103 Å². The lowest BCUT2D eigenvalue weighted by Gasteiger charge is -2.00. The van der Waals surface area contributed by atoms with E-state index in [4.69, 9.17) is 0 Å². The standard InChI is InChI=1S/C9H11F2N5.ClH/c1-15-6-7(5-13-15)4-12-8-2-3-16(14-8)9(10)11;/h2-3,5-6,9H,4H2,1H3,(H,12,14);1H. The second kappa shape index (κ2) is 5.62. The van der Waals surface area contributed by atoms with E-state index in [9.17, 15) is 8.78 Å². The van der Waals surface area contributed by atoms with Gasteiger partial charge in [0.25, 0.3) is 0 Å². The van der Waals surface area contributed by atoms with Crippen molar-refractivity contribution < 1.29 is 8.78 Å². The highest BCUT2D eigenvalue weighted by Gasteiger charge is 2.07. The first-order valence-electron chi connectivity index (χ1n) is 4.70. The molecule has 0 amide bonds. The van der Waals surface area contributed by atoms with Crippen molar-refractivity contribution in [2.45, 2.75) is 13.1 Å². The highest BCUT2D eigenvalue weighted by molar-refractivity contribution is 5.85. The van der Waals surface area contributed by atoms with Gasteiger partial charge in [0.2, 0.25) is 0 Å². The van der Waals surface area contributed by atoms with Gasteiger partial charge in [-0.3, -0.25) is 4.68 Å². The summed E-state index contributed by atoms with van der Waals surface area (Å²) in [6.45, 7) is -2.09. The molecule has 5 nitrogen and oxygen atoms in total. The van der Waals surface area contributed by atoms with Crippen LogP contribution in [0.5, 0.6) is 0 Å². The lowest BCUT2D eigenvalue weighted by molar-refractivity contribution is 0.0569. The number of aromatic nitrogens is 4. The molecule has 0 aliphatic carbocycles. The van der Waals surface area contributed by atoms with Crippen LogP contribution in [0.15, 0.2) is 24.7 Å². The van der Waals surface area contributed by atoms with E-state index in [0.29, 0.717) is 17.0 Å². The molecule has 0 aliphatic heterocycles. The Morgan fingerprint density at radius 3 is 2.76 bits per heavy atom. The zero-order chi connectivity index (χ0) is 11.5. The van der Waals surface area contributed by atoms with Gasteiger partial charge in [0.05, 0.1) is 6.20 Å². The summed E-state index contributed by atoms with van der Waals surface area (Å²) in [6.07, 6.45) is 4.78. The van der Waals surface area contributed by atoms with E-state index in [-0.39, 0.29) is 12.4 Å². The van der Waals surface area contributed by atoms with Crippen molar-refractivity contribution in [3.8, 4) is 0 Å². The first kappa shape index (κ1) is 13.4. The fraction of sp³-hybridized carbons (Fsp3) is 0.333. The van der Waals surface area contributed by atoms with Gasteiger partial charge in [0.1, 0.15) is 5.82 Å². The van der Waals surface area contributed by atoms with Crippen molar-refractivity contribution in [1.82, 2.24) is 19.6 Å². The largest absolute Gasteiger partial charge is 0.364 e. The smallest absolute Gasteiger partial charge is 0.333 e. The summed E-state index contributed by atoms with van der Waals surface area (Å²) in [7, 11) is 1.81. The predicted molar refractivity (Wildman–Crippen MR) is 61.3 cm³/mol. The highest BCUT2D eigenvalue weighted by atomic mass is 35.5. The van der Waals surface area contributed by atoms with Crippen molar-refractivity contribution in [1.29, 1.82) is 0 Å². The number of hydrogen-bond acceptors (Lipinski definition) is 3. The maximum absolute atomic E-state index is 12.2. The van der Waals surface area contributed by atoms with Crippen LogP contribution in [0.25, 0.3) is 0 Å². The van der Waals surface area contributed by atoms with Crippen LogP contribution in [0.3, 0.4) is 0 Å². The van der Waals surface area contributed by atoms with Crippen LogP contribution in [0.1, 0.15) is 12.1 Å². The van der Waals surface area contributed by atoms with E-state index >= 15 is 0 Å². The summed E-state index contributed by atoms with van der Waals surface area (Å²) in [4.78, 5) is 0. The summed E-state index contributed by atoms with van der Waals surface area (Å²) in [5, 5.41) is 10.6. The summed E-state index contributed by atoms with van der Waals surface area (Å²) in [5.74, 6) is 0.421. The molecular weight excluding hydrogens is 252 g/mol. The molecule has 2 rings (SSSR count). The van der Waals surface area contributed by atoms with Crippen molar-refractivity contribution in [2.24, 2.45) is 7.05 Å². The number of rotatable bonds is 4. The maximum atomic E-state index is 12.2. The topological polar surface area (TPSA) is 47.7 Å². The average Bonchev–Trinajstić information content (AvgIpc) is 2.83. The van der Waals surface area contributed by atoms with Crippen molar-refractivity contribution in [2.75, 3.05) is 5.32 Å². The number of nitrogens with one attached hydrogen (secondary N) is 1. The van der Waals surface area contributed by atoms with Crippen molar-refractivity contribution in [3.63, 3.8) is 0 Å². The van der Waals surface area contributed by atoms with E-state index in [0.717, 1.165) is 5.56 Å². The van der Waals surface area contributed by atoms with Crippen LogP contribution in [-0.2, 0) is 13.6 Å². The number of aryl methyl sites for hydroxylation is 1. The van der Waals surface area contributed by atoms with E-state index in [1.165, 1.54) is 12.3 Å². The van der Waals surface area contributed by atoms with Crippen molar-refractivity contribution >= 4 is 18.2 Å². The lowest BCUT2D eigenvalue weighted by Crippen LogP contribution is -2.02. The third-order valence-electron chi connectivity index (χ3n) is 2.04. The maximum Gasteiger partial charge on any atom is 0.333 e. The Bertz CT molecular complexity index is 467. The molecule has 0 bridgehead atoms. The Kier molecular flexibility index (Phi) is 4.45. The van der Waals surface area contributed by atoms with Crippen LogP contribution >= 0.6 is 12.4 Å². The lowest BCUT2D eigenvalue weighted by atomic mass is 10.3. The monoisotopic (exact) mass is 263 g/mol. The van der Waals surface area contributed by atoms with Gasteiger partial charge in [-0.05, 0) is 0 Å². The van der Waals surface area contributed by atoms with E-state index in [1.807, 2.05) is 13.2 Å². The quantitative estimate of drug-likeness (QED) is 0.918. The molecule has 2 aromatic heterocycles. The summed E-state index contributed by atoms with van der Waals surface area (Å²) in [6, 6.07) is 1.50. The van der Waals surface area contributed by atoms with Gasteiger partial charge in [0.15, 0.2) is 0 Å². The zero-order valence-corrected chi connectivity index (χ0v) is 9.86. The van der Waals surface area contributed by atoms with E-state index in [2.05, 4.69) is 15.5 Å². The number of nitrogens with zero attached hydrogens (tertiary/aromatic N) is 4. The summed E-state index contributed by atoms with van der Waals surface area (Å²) < 4.78 is 26.7. The van der Waals surface area contributed by atoms with Gasteiger partial charge in [-0.25, -0.2) is 4.68 Å². The molecule has 0 unspecified atom stereocenters. The summed E-state index contributed by atoms with van der Waals surface area (Å²) >= 11 is 0. The molecule has 2 heterocycles. The summed E-state index contributed by atoms with van der Waals surface area (Å²) in [5.41, 5.74) is 0.967. The van der Waals surface area contributed by atoms with Gasteiger partial charge in [0, 0.05) is 37.6 Å². The van der Waals surface area contributed by atoms with Crippen LogP contribution in [-0.4, -0.2) is 19.6 Å². The number of alkyl halides is 2. The molecule has 94 valence electrons. The average molecular weight is 264 g/mol. The Morgan fingerprint density at radius 1 is 1.47 bits per heavy atom. The minimum absolute atomic E-state index is 0. The molecule has 0 radical (unpaired) electrons. The fourth-order valence-corrected chi connectivity index (χ4v) is 1.30. The Hall–Kier alpha value is -1.63. The van der Waals surface area contributed by atoms with Crippen LogP contribution in [0, 0.1) is 0 Å². The fourth-order valence-electron chi connectivity index (χ4n) is 1.30. The third-order valence-corrected chi connectivity index (χ3v) is 2.04. The van der Waals surface area contributed by atoms with Gasteiger partial charge >= 0.3 is 6.55 Å². The van der Waals surface area contributed by atoms with Gasteiger partial charge < -0.3 is 5.32 Å². The van der Waals surface area contributed by atoms with Gasteiger partial charge in [-0.15, -0.1) is 12.4 Å². The van der Waals surface area contributed by atoms with E-state index < -0.39 is 6.55 Å². The Balaban J connectivity index is 0.00000144. The number of halogens is 3. The molecule has 0 aliphatic rings. The van der Waals surface area contributed by atoms with Crippen LogP contribution < -0.4 is 5.32 Å². The second-order valence-electron chi connectivity index (χ2n) is 3.33. The normalized spacial score (nSPS) is 10.4. The molecule has 8 heteroatoms. The molecular formula is C9H12ClF2N5. The number of anilines is 1. The van der Waals surface area contributed by atoms with Crippen LogP contribution in [0.4, 0.5) is 14.6 Å². The van der Waals surface area contributed by atoms with Gasteiger partial charge in [-0.1, -0.05) is 0 Å². The number of hydrogen-bond donors (Lipinski definition) is 1. The molecule has 17 heavy (non-hydrogen) atoms. The molecule has 0 fully saturated rings. The van der Waals surface area contributed by atoms with Crippen molar-refractivity contribution in [3.05, 3.63) is 30.2 Å². The molecule has 0 saturated heterocycles. The predicted octanol–water partition coefficient (Wildman–Crippen LogP) is 2.05. The molecule has 0 spiro atoms. The second-order valence-corrected chi connectivity index (χ2v) is 3.33. The highest BCUT2D eigenvalue weighted by Crippen LogP contribution is 2.12. The zero-order valence-electron chi connectivity index (χ0n) is 9.05. The molecule has 0 saturated carbocycles. The minimum atomic E-state index is -2.60. The molecule has 0 atom stereocenters. The van der Waals surface area contributed by atoms with Crippen LogP contribution in [0.2, 0.25) is 0 Å². The molecule has 2 aromatic rings. The minimum Gasteiger partial charge on any atom is -0.364 e. The Morgan fingerprint density at radius 2 is 2.24 bits per heavy atom.